The Morgan fingerprint density at radius 1 is 1.15 bits per heavy atom. The average Bonchev–Trinajstić information content (AvgIpc) is 2.36. The molecule has 1 N–H and O–H groups in total. The number of rotatable bonds is 4. The van der Waals surface area contributed by atoms with Crippen LogP contribution in [0.1, 0.15) is 16.7 Å². The van der Waals surface area contributed by atoms with Gasteiger partial charge in [-0.25, -0.2) is 4.39 Å². The summed E-state index contributed by atoms with van der Waals surface area (Å²) in [4.78, 5) is 10.3. The largest absolute Gasteiger partial charge is 0.375 e. The lowest BCUT2D eigenvalue weighted by Gasteiger charge is -2.09. The van der Waals surface area contributed by atoms with Gasteiger partial charge in [-0.3, -0.25) is 10.1 Å². The van der Waals surface area contributed by atoms with Crippen LogP contribution in [0.15, 0.2) is 36.4 Å². The van der Waals surface area contributed by atoms with E-state index in [1.165, 1.54) is 12.1 Å². The lowest BCUT2D eigenvalue weighted by Crippen LogP contribution is -2.03. The van der Waals surface area contributed by atoms with Gasteiger partial charge in [0.15, 0.2) is 0 Å². The van der Waals surface area contributed by atoms with Crippen LogP contribution in [0.4, 0.5) is 15.8 Å². The molecule has 4 nitrogen and oxygen atoms in total. The Kier molecular flexibility index (Phi) is 3.98. The quantitative estimate of drug-likeness (QED) is 0.678. The van der Waals surface area contributed by atoms with Crippen LogP contribution in [0.3, 0.4) is 0 Å². The van der Waals surface area contributed by atoms with E-state index in [1.807, 2.05) is 26.0 Å². The second kappa shape index (κ2) is 5.69. The topological polar surface area (TPSA) is 55.2 Å². The van der Waals surface area contributed by atoms with Crippen LogP contribution in [0.5, 0.6) is 0 Å². The molecule has 0 spiro atoms. The van der Waals surface area contributed by atoms with Crippen molar-refractivity contribution in [3.63, 3.8) is 0 Å². The maximum Gasteiger partial charge on any atom is 0.295 e. The van der Waals surface area contributed by atoms with Crippen LogP contribution in [0, 0.1) is 29.8 Å². The Bertz CT molecular complexity index is 636. The Hall–Kier alpha value is -2.43. The van der Waals surface area contributed by atoms with Gasteiger partial charge in [-0.15, -0.1) is 0 Å². The molecule has 0 aliphatic rings. The van der Waals surface area contributed by atoms with E-state index < -0.39 is 10.7 Å². The minimum absolute atomic E-state index is 0.255. The average molecular weight is 274 g/mol. The van der Waals surface area contributed by atoms with E-state index in [9.17, 15) is 14.5 Å². The van der Waals surface area contributed by atoms with E-state index in [0.29, 0.717) is 12.2 Å². The fourth-order valence-corrected chi connectivity index (χ4v) is 2.17. The summed E-state index contributed by atoms with van der Waals surface area (Å²) < 4.78 is 13.0. The van der Waals surface area contributed by atoms with Crippen molar-refractivity contribution in [3.8, 4) is 0 Å². The maximum absolute atomic E-state index is 13.0. The van der Waals surface area contributed by atoms with Crippen LogP contribution in [0.2, 0.25) is 0 Å². The lowest BCUT2D eigenvalue weighted by molar-refractivity contribution is -0.384. The third-order valence-electron chi connectivity index (χ3n) is 2.92. The molecule has 0 atom stereocenters. The predicted octanol–water partition coefficient (Wildman–Crippen LogP) is 3.96. The highest BCUT2D eigenvalue weighted by molar-refractivity contribution is 5.61. The van der Waals surface area contributed by atoms with Crippen LogP contribution in [-0.2, 0) is 6.54 Å². The summed E-state index contributed by atoms with van der Waals surface area (Å²) in [6.07, 6.45) is 0. The smallest absolute Gasteiger partial charge is 0.295 e. The van der Waals surface area contributed by atoms with Gasteiger partial charge in [0, 0.05) is 6.54 Å². The highest BCUT2D eigenvalue weighted by Gasteiger charge is 2.14. The van der Waals surface area contributed by atoms with Crippen molar-refractivity contribution in [3.05, 3.63) is 69.0 Å². The first-order valence-electron chi connectivity index (χ1n) is 6.20. The van der Waals surface area contributed by atoms with E-state index in [0.717, 1.165) is 22.8 Å². The van der Waals surface area contributed by atoms with E-state index in [1.54, 1.807) is 0 Å². The molecular formula is C15H15FN2O2. The molecule has 20 heavy (non-hydrogen) atoms. The van der Waals surface area contributed by atoms with Gasteiger partial charge in [0.05, 0.1) is 11.0 Å². The Labute approximate surface area is 116 Å². The highest BCUT2D eigenvalue weighted by atomic mass is 19.1. The molecule has 2 rings (SSSR count). The summed E-state index contributed by atoms with van der Waals surface area (Å²) in [6, 6.07) is 9.59. The summed E-state index contributed by atoms with van der Waals surface area (Å²) >= 11 is 0. The summed E-state index contributed by atoms with van der Waals surface area (Å²) in [7, 11) is 0. The van der Waals surface area contributed by atoms with Crippen molar-refractivity contribution in [2.45, 2.75) is 20.4 Å². The molecular weight excluding hydrogens is 259 g/mol. The van der Waals surface area contributed by atoms with Crippen molar-refractivity contribution in [2.75, 3.05) is 5.32 Å². The third kappa shape index (κ3) is 3.32. The van der Waals surface area contributed by atoms with Gasteiger partial charge >= 0.3 is 0 Å². The molecule has 0 fully saturated rings. The molecule has 0 aliphatic carbocycles. The number of hydrogen-bond acceptors (Lipinski definition) is 3. The third-order valence-corrected chi connectivity index (χ3v) is 2.92. The summed E-state index contributed by atoms with van der Waals surface area (Å²) in [5.41, 5.74) is 3.36. The monoisotopic (exact) mass is 274 g/mol. The first-order chi connectivity index (χ1) is 9.45. The van der Waals surface area contributed by atoms with Crippen molar-refractivity contribution < 1.29 is 9.31 Å². The van der Waals surface area contributed by atoms with Gasteiger partial charge in [-0.05, 0) is 31.5 Å². The van der Waals surface area contributed by atoms with Gasteiger partial charge < -0.3 is 5.32 Å². The molecule has 0 bridgehead atoms. The lowest BCUT2D eigenvalue weighted by atomic mass is 10.1. The van der Waals surface area contributed by atoms with Crippen LogP contribution in [-0.4, -0.2) is 4.92 Å². The Balaban J connectivity index is 2.20. The minimum atomic E-state index is -0.617. The molecule has 0 unspecified atom stereocenters. The molecule has 104 valence electrons. The summed E-state index contributed by atoms with van der Waals surface area (Å²) in [6.45, 7) is 4.45. The van der Waals surface area contributed by atoms with Gasteiger partial charge in [0.25, 0.3) is 5.69 Å². The second-order valence-electron chi connectivity index (χ2n) is 4.77. The van der Waals surface area contributed by atoms with Gasteiger partial charge in [0.1, 0.15) is 11.5 Å². The standard InChI is InChI=1S/C15H15FN2O2/c1-10-5-11(2)7-12(6-10)9-17-14-4-3-13(16)8-15(14)18(19)20/h3-8,17H,9H2,1-2H3. The van der Waals surface area contributed by atoms with Crippen molar-refractivity contribution in [1.29, 1.82) is 0 Å². The molecule has 2 aromatic carbocycles. The fourth-order valence-electron chi connectivity index (χ4n) is 2.17. The number of nitro groups is 1. The minimum Gasteiger partial charge on any atom is -0.375 e. The van der Waals surface area contributed by atoms with Gasteiger partial charge in [-0.1, -0.05) is 29.3 Å². The van der Waals surface area contributed by atoms with E-state index in [-0.39, 0.29) is 5.69 Å². The number of nitrogens with one attached hydrogen (secondary N) is 1. The number of nitro benzene ring substituents is 1. The van der Waals surface area contributed by atoms with Crippen molar-refractivity contribution in [2.24, 2.45) is 0 Å². The normalized spacial score (nSPS) is 10.3. The van der Waals surface area contributed by atoms with Crippen molar-refractivity contribution in [1.82, 2.24) is 0 Å². The van der Waals surface area contributed by atoms with Crippen LogP contribution < -0.4 is 5.32 Å². The SMILES string of the molecule is Cc1cc(C)cc(CNc2ccc(F)cc2[N+](=O)[O-])c1. The molecule has 0 radical (unpaired) electrons. The number of halogens is 1. The number of anilines is 1. The van der Waals surface area contributed by atoms with Gasteiger partial charge in [0.2, 0.25) is 0 Å². The number of nitrogens with zero attached hydrogens (tertiary/aromatic N) is 1. The molecule has 0 saturated heterocycles. The molecule has 5 heteroatoms. The zero-order valence-corrected chi connectivity index (χ0v) is 11.3. The van der Waals surface area contributed by atoms with Gasteiger partial charge in [-0.2, -0.15) is 0 Å². The maximum atomic E-state index is 13.0. The van der Waals surface area contributed by atoms with E-state index in [4.69, 9.17) is 0 Å². The molecule has 0 heterocycles. The van der Waals surface area contributed by atoms with Crippen LogP contribution >= 0.6 is 0 Å². The van der Waals surface area contributed by atoms with E-state index >= 15 is 0 Å². The highest BCUT2D eigenvalue weighted by Crippen LogP contribution is 2.25. The summed E-state index contributed by atoms with van der Waals surface area (Å²) in [5, 5.41) is 13.9. The van der Waals surface area contributed by atoms with E-state index in [2.05, 4.69) is 11.4 Å². The second-order valence-corrected chi connectivity index (χ2v) is 4.77. The Morgan fingerprint density at radius 3 is 2.40 bits per heavy atom. The molecule has 0 aromatic heterocycles. The number of hydrogen-bond donors (Lipinski definition) is 1. The number of benzene rings is 2. The van der Waals surface area contributed by atoms with Crippen molar-refractivity contribution >= 4 is 11.4 Å². The fraction of sp³-hybridized carbons (Fsp3) is 0.200. The molecule has 2 aromatic rings. The first kappa shape index (κ1) is 14.0. The first-order valence-corrected chi connectivity index (χ1v) is 6.20. The summed E-state index contributed by atoms with van der Waals surface area (Å²) in [5.74, 6) is -0.617. The molecule has 0 saturated carbocycles. The zero-order chi connectivity index (χ0) is 14.7. The number of aryl methyl sites for hydroxylation is 2. The predicted molar refractivity (Wildman–Crippen MR) is 76.3 cm³/mol. The molecule has 0 amide bonds. The Morgan fingerprint density at radius 2 is 1.80 bits per heavy atom. The zero-order valence-electron chi connectivity index (χ0n) is 11.3. The van der Waals surface area contributed by atoms with Crippen LogP contribution in [0.25, 0.3) is 0 Å². The molecule has 0 aliphatic heterocycles.